The molecule has 0 saturated heterocycles. The van der Waals surface area contributed by atoms with Crippen molar-refractivity contribution in [3.05, 3.63) is 59.3 Å². The summed E-state index contributed by atoms with van der Waals surface area (Å²) in [4.78, 5) is 16.7. The molecule has 1 amide bonds. The number of fused-ring (bicyclic) bond motifs is 1. The van der Waals surface area contributed by atoms with Gasteiger partial charge < -0.3 is 19.5 Å². The maximum Gasteiger partial charge on any atom is 0.275 e. The molecule has 2 aromatic rings. The fourth-order valence-corrected chi connectivity index (χ4v) is 2.78. The van der Waals surface area contributed by atoms with E-state index in [1.54, 1.807) is 13.2 Å². The highest BCUT2D eigenvalue weighted by molar-refractivity contribution is 6.19. The van der Waals surface area contributed by atoms with Gasteiger partial charge in [0.1, 0.15) is 17.3 Å². The molecule has 2 aromatic carbocycles. The van der Waals surface area contributed by atoms with E-state index in [1.165, 1.54) is 0 Å². The number of methoxy groups -OCH3 is 1. The molecule has 0 unspecified atom stereocenters. The number of benzene rings is 2. The largest absolute Gasteiger partial charge is 0.497 e. The lowest BCUT2D eigenvalue weighted by Gasteiger charge is -2.07. The van der Waals surface area contributed by atoms with E-state index in [4.69, 9.17) is 14.2 Å². The van der Waals surface area contributed by atoms with Gasteiger partial charge in [-0.25, -0.2) is 4.99 Å². The monoisotopic (exact) mass is 350 g/mol. The third kappa shape index (κ3) is 3.26. The Morgan fingerprint density at radius 2 is 1.85 bits per heavy atom. The number of amidine groups is 1. The number of hydrogen-bond donors (Lipinski definition) is 1. The molecule has 6 nitrogen and oxygen atoms in total. The minimum atomic E-state index is -0.233. The van der Waals surface area contributed by atoms with Crippen molar-refractivity contribution in [3.8, 4) is 17.2 Å². The predicted octanol–water partition coefficient (Wildman–Crippen LogP) is 2.77. The molecule has 0 saturated carbocycles. The SMILES string of the molecule is COc1ccc(C2=N/C(=C/c3ccc4c(c3)OCCCO4)C(=O)N2)cc1. The minimum absolute atomic E-state index is 0.233. The standard InChI is InChI=1S/C20H18N2O4/c1-24-15-6-4-14(5-7-15)19-21-16(20(23)22-19)11-13-3-8-17-18(12-13)26-10-2-9-25-17/h3-8,11-12H,2,9-10H2,1H3,(H,21,22,23)/b16-11+. The van der Waals surface area contributed by atoms with Crippen LogP contribution in [-0.4, -0.2) is 32.1 Å². The molecule has 0 aromatic heterocycles. The third-order valence-corrected chi connectivity index (χ3v) is 4.14. The molecule has 1 N–H and O–H groups in total. The van der Waals surface area contributed by atoms with E-state index in [0.29, 0.717) is 30.5 Å². The zero-order chi connectivity index (χ0) is 17.9. The van der Waals surface area contributed by atoms with E-state index in [1.807, 2.05) is 42.5 Å². The number of ether oxygens (including phenoxy) is 3. The number of rotatable bonds is 3. The summed E-state index contributed by atoms with van der Waals surface area (Å²) in [5, 5.41) is 2.80. The topological polar surface area (TPSA) is 69.1 Å². The summed E-state index contributed by atoms with van der Waals surface area (Å²) in [5.41, 5.74) is 2.01. The summed E-state index contributed by atoms with van der Waals surface area (Å²) in [5.74, 6) is 2.46. The Labute approximate surface area is 151 Å². The van der Waals surface area contributed by atoms with E-state index < -0.39 is 0 Å². The Balaban J connectivity index is 1.61. The number of hydrogen-bond acceptors (Lipinski definition) is 5. The van der Waals surface area contributed by atoms with Gasteiger partial charge in [-0.1, -0.05) is 6.07 Å². The second kappa shape index (κ2) is 6.92. The van der Waals surface area contributed by atoms with Gasteiger partial charge in [-0.15, -0.1) is 0 Å². The number of amides is 1. The first-order valence-corrected chi connectivity index (χ1v) is 8.39. The molecule has 2 aliphatic heterocycles. The summed E-state index contributed by atoms with van der Waals surface area (Å²) >= 11 is 0. The molecule has 0 aliphatic carbocycles. The van der Waals surface area contributed by atoms with Gasteiger partial charge in [0.25, 0.3) is 5.91 Å². The van der Waals surface area contributed by atoms with Crippen molar-refractivity contribution in [3.63, 3.8) is 0 Å². The molecular weight excluding hydrogens is 332 g/mol. The first-order valence-electron chi connectivity index (χ1n) is 8.39. The average molecular weight is 350 g/mol. The van der Waals surface area contributed by atoms with Gasteiger partial charge in [-0.2, -0.15) is 0 Å². The van der Waals surface area contributed by atoms with Crippen LogP contribution in [0.15, 0.2) is 53.2 Å². The maximum absolute atomic E-state index is 12.3. The van der Waals surface area contributed by atoms with Crippen LogP contribution in [0.2, 0.25) is 0 Å². The molecule has 0 fully saturated rings. The number of aliphatic imine (C=N–C) groups is 1. The van der Waals surface area contributed by atoms with Gasteiger partial charge in [0.05, 0.1) is 20.3 Å². The zero-order valence-electron chi connectivity index (χ0n) is 14.3. The van der Waals surface area contributed by atoms with Crippen molar-refractivity contribution in [2.24, 2.45) is 4.99 Å². The van der Waals surface area contributed by atoms with Crippen LogP contribution in [0.4, 0.5) is 0 Å². The Bertz CT molecular complexity index is 901. The lowest BCUT2D eigenvalue weighted by atomic mass is 10.1. The van der Waals surface area contributed by atoms with E-state index >= 15 is 0 Å². The van der Waals surface area contributed by atoms with Crippen molar-refractivity contribution < 1.29 is 19.0 Å². The average Bonchev–Trinajstić information content (AvgIpc) is 2.88. The molecule has 2 heterocycles. The van der Waals surface area contributed by atoms with Crippen molar-refractivity contribution in [1.82, 2.24) is 5.32 Å². The van der Waals surface area contributed by atoms with Crippen LogP contribution in [0.1, 0.15) is 17.5 Å². The van der Waals surface area contributed by atoms with Crippen molar-refractivity contribution in [1.29, 1.82) is 0 Å². The third-order valence-electron chi connectivity index (χ3n) is 4.14. The van der Waals surface area contributed by atoms with Crippen molar-refractivity contribution >= 4 is 17.8 Å². The van der Waals surface area contributed by atoms with Gasteiger partial charge >= 0.3 is 0 Å². The molecule has 0 atom stereocenters. The lowest BCUT2D eigenvalue weighted by Crippen LogP contribution is -2.24. The predicted molar refractivity (Wildman–Crippen MR) is 97.7 cm³/mol. The first kappa shape index (κ1) is 16.2. The summed E-state index contributed by atoms with van der Waals surface area (Å²) in [7, 11) is 1.61. The van der Waals surface area contributed by atoms with Gasteiger partial charge in [0.2, 0.25) is 0 Å². The van der Waals surface area contributed by atoms with Crippen LogP contribution in [0.25, 0.3) is 6.08 Å². The van der Waals surface area contributed by atoms with Gasteiger partial charge in [-0.05, 0) is 48.0 Å². The van der Waals surface area contributed by atoms with Crippen molar-refractivity contribution in [2.45, 2.75) is 6.42 Å². The van der Waals surface area contributed by atoms with Crippen LogP contribution in [-0.2, 0) is 4.79 Å². The Hall–Kier alpha value is -3.28. The molecule has 0 radical (unpaired) electrons. The Morgan fingerprint density at radius 1 is 1.08 bits per heavy atom. The highest BCUT2D eigenvalue weighted by Crippen LogP contribution is 2.31. The van der Waals surface area contributed by atoms with Crippen LogP contribution in [0.5, 0.6) is 17.2 Å². The highest BCUT2D eigenvalue weighted by Gasteiger charge is 2.21. The first-order chi connectivity index (χ1) is 12.7. The van der Waals surface area contributed by atoms with E-state index in [-0.39, 0.29) is 5.91 Å². The smallest absolute Gasteiger partial charge is 0.275 e. The molecule has 4 rings (SSSR count). The number of carbonyl (C=O) groups excluding carboxylic acids is 1. The Kier molecular flexibility index (Phi) is 4.31. The summed E-state index contributed by atoms with van der Waals surface area (Å²) in [6.07, 6.45) is 2.59. The van der Waals surface area contributed by atoms with E-state index in [0.717, 1.165) is 29.0 Å². The lowest BCUT2D eigenvalue weighted by molar-refractivity contribution is -0.115. The number of nitrogens with one attached hydrogen (secondary N) is 1. The summed E-state index contributed by atoms with van der Waals surface area (Å²) < 4.78 is 16.5. The van der Waals surface area contributed by atoms with Gasteiger partial charge in [0.15, 0.2) is 11.5 Å². The molecule has 6 heteroatoms. The maximum atomic E-state index is 12.3. The van der Waals surface area contributed by atoms with Gasteiger partial charge in [-0.3, -0.25) is 4.79 Å². The quantitative estimate of drug-likeness (QED) is 0.865. The van der Waals surface area contributed by atoms with Crippen molar-refractivity contribution in [2.75, 3.05) is 20.3 Å². The van der Waals surface area contributed by atoms with Gasteiger partial charge in [0, 0.05) is 12.0 Å². The molecular formula is C20H18N2O4. The Morgan fingerprint density at radius 3 is 2.62 bits per heavy atom. The highest BCUT2D eigenvalue weighted by atomic mass is 16.5. The summed E-state index contributed by atoms with van der Waals surface area (Å²) in [6, 6.07) is 13.0. The number of nitrogens with zero attached hydrogens (tertiary/aromatic N) is 1. The van der Waals surface area contributed by atoms with E-state index in [2.05, 4.69) is 10.3 Å². The molecule has 132 valence electrons. The number of carbonyl (C=O) groups is 1. The molecule has 2 aliphatic rings. The molecule has 0 spiro atoms. The minimum Gasteiger partial charge on any atom is -0.497 e. The van der Waals surface area contributed by atoms with Crippen LogP contribution in [0, 0.1) is 0 Å². The normalized spacial score (nSPS) is 17.5. The molecule has 26 heavy (non-hydrogen) atoms. The van der Waals surface area contributed by atoms with Crippen LogP contribution in [0.3, 0.4) is 0 Å². The fourth-order valence-electron chi connectivity index (χ4n) is 2.78. The van der Waals surface area contributed by atoms with E-state index in [9.17, 15) is 4.79 Å². The molecule has 0 bridgehead atoms. The second-order valence-corrected chi connectivity index (χ2v) is 5.93. The zero-order valence-corrected chi connectivity index (χ0v) is 14.3. The van der Waals surface area contributed by atoms with Crippen LogP contribution < -0.4 is 19.5 Å². The van der Waals surface area contributed by atoms with Crippen LogP contribution >= 0.6 is 0 Å². The second-order valence-electron chi connectivity index (χ2n) is 5.93. The fraction of sp³-hybridized carbons (Fsp3) is 0.200. The summed E-state index contributed by atoms with van der Waals surface area (Å²) in [6.45, 7) is 1.26.